The van der Waals surface area contributed by atoms with Crippen LogP contribution in [0.1, 0.15) is 10.4 Å². The zero-order valence-electron chi connectivity index (χ0n) is 12.2. The van der Waals surface area contributed by atoms with Crippen LogP contribution in [-0.2, 0) is 10.0 Å². The van der Waals surface area contributed by atoms with Crippen LogP contribution < -0.4 is 4.72 Å². The molecule has 0 amide bonds. The zero-order valence-corrected chi connectivity index (χ0v) is 13.8. The Morgan fingerprint density at radius 2 is 1.67 bits per heavy atom. The van der Waals surface area contributed by atoms with Crippen molar-refractivity contribution >= 4 is 44.1 Å². The molecular weight excluding hydrogens is 350 g/mol. The van der Waals surface area contributed by atoms with Gasteiger partial charge in [-0.15, -0.1) is 0 Å². The number of carbonyl (C=O) groups is 1. The van der Waals surface area contributed by atoms with Crippen LogP contribution in [0.5, 0.6) is 0 Å². The first kappa shape index (κ1) is 16.3. The Kier molecular flexibility index (Phi) is 4.17. The van der Waals surface area contributed by atoms with Gasteiger partial charge in [-0.1, -0.05) is 41.9 Å². The Morgan fingerprint density at radius 1 is 0.958 bits per heavy atom. The van der Waals surface area contributed by atoms with E-state index in [1.807, 2.05) is 0 Å². The first-order chi connectivity index (χ1) is 11.4. The van der Waals surface area contributed by atoms with Gasteiger partial charge in [0.2, 0.25) is 0 Å². The van der Waals surface area contributed by atoms with Gasteiger partial charge in [0.15, 0.2) is 0 Å². The molecule has 5 nitrogen and oxygen atoms in total. The summed E-state index contributed by atoms with van der Waals surface area (Å²) in [6.45, 7) is 0. The highest BCUT2D eigenvalue weighted by Crippen LogP contribution is 2.30. The Labute approximate surface area is 143 Å². The molecular formula is C17H12ClNO4S. The van der Waals surface area contributed by atoms with Crippen LogP contribution in [0, 0.1) is 0 Å². The summed E-state index contributed by atoms with van der Waals surface area (Å²) in [5.74, 6) is -1.13. The molecule has 0 fully saturated rings. The Balaban J connectivity index is 2.08. The molecule has 0 heterocycles. The van der Waals surface area contributed by atoms with Crippen molar-refractivity contribution in [1.82, 2.24) is 0 Å². The Hall–Kier alpha value is -2.57. The molecule has 0 aliphatic heterocycles. The molecule has 3 rings (SSSR count). The minimum atomic E-state index is -3.90. The highest BCUT2D eigenvalue weighted by atomic mass is 35.5. The highest BCUT2D eigenvalue weighted by Gasteiger charge is 2.19. The number of hydrogen-bond acceptors (Lipinski definition) is 3. The van der Waals surface area contributed by atoms with Crippen LogP contribution in [0.25, 0.3) is 10.8 Å². The maximum absolute atomic E-state index is 12.7. The number of fused-ring (bicyclic) bond motifs is 1. The molecule has 0 atom stereocenters. The molecule has 3 aromatic carbocycles. The normalized spacial score (nSPS) is 11.4. The van der Waals surface area contributed by atoms with E-state index in [2.05, 4.69) is 4.72 Å². The number of aromatic carboxylic acids is 1. The van der Waals surface area contributed by atoms with Crippen molar-refractivity contribution in [3.05, 3.63) is 71.2 Å². The van der Waals surface area contributed by atoms with E-state index in [9.17, 15) is 13.2 Å². The molecule has 0 saturated heterocycles. The molecule has 122 valence electrons. The van der Waals surface area contributed by atoms with Gasteiger partial charge in [0.1, 0.15) is 0 Å². The molecule has 0 aromatic heterocycles. The van der Waals surface area contributed by atoms with Crippen LogP contribution in [0.4, 0.5) is 5.69 Å². The van der Waals surface area contributed by atoms with Gasteiger partial charge in [0.25, 0.3) is 10.0 Å². The van der Waals surface area contributed by atoms with E-state index in [4.69, 9.17) is 16.7 Å². The van der Waals surface area contributed by atoms with Gasteiger partial charge in [-0.25, -0.2) is 13.2 Å². The SMILES string of the molecule is O=C(O)c1cccc(NS(=O)(=O)c2ccc(Cl)c3ccccc23)c1. The third kappa shape index (κ3) is 3.06. The minimum Gasteiger partial charge on any atom is -0.478 e. The second kappa shape index (κ2) is 6.14. The van der Waals surface area contributed by atoms with Crippen LogP contribution >= 0.6 is 11.6 Å². The lowest BCUT2D eigenvalue weighted by Gasteiger charge is -2.12. The van der Waals surface area contributed by atoms with Crippen molar-refractivity contribution in [2.24, 2.45) is 0 Å². The summed E-state index contributed by atoms with van der Waals surface area (Å²) >= 11 is 6.11. The second-order valence-electron chi connectivity index (χ2n) is 5.08. The predicted molar refractivity (Wildman–Crippen MR) is 93.2 cm³/mol. The van der Waals surface area contributed by atoms with Crippen molar-refractivity contribution in [2.45, 2.75) is 4.90 Å². The van der Waals surface area contributed by atoms with Gasteiger partial charge >= 0.3 is 5.97 Å². The Morgan fingerprint density at radius 3 is 2.38 bits per heavy atom. The number of carboxylic acids is 1. The van der Waals surface area contributed by atoms with E-state index in [0.29, 0.717) is 15.8 Å². The standard InChI is InChI=1S/C17H12ClNO4S/c18-15-8-9-16(14-7-2-1-6-13(14)15)24(22,23)19-12-5-3-4-11(10-12)17(20)21/h1-10,19H,(H,20,21). The van der Waals surface area contributed by atoms with Crippen LogP contribution in [-0.4, -0.2) is 19.5 Å². The lowest BCUT2D eigenvalue weighted by molar-refractivity contribution is 0.0697. The second-order valence-corrected chi connectivity index (χ2v) is 7.14. The lowest BCUT2D eigenvalue weighted by atomic mass is 10.1. The number of sulfonamides is 1. The molecule has 0 aliphatic carbocycles. The molecule has 0 bridgehead atoms. The summed E-state index contributed by atoms with van der Waals surface area (Å²) in [7, 11) is -3.90. The van der Waals surface area contributed by atoms with Crippen LogP contribution in [0.15, 0.2) is 65.6 Å². The molecule has 2 N–H and O–H groups in total. The van der Waals surface area contributed by atoms with E-state index in [-0.39, 0.29) is 16.1 Å². The predicted octanol–water partition coefficient (Wildman–Crippen LogP) is 3.99. The number of anilines is 1. The fourth-order valence-corrected chi connectivity index (χ4v) is 3.88. The average Bonchev–Trinajstić information content (AvgIpc) is 2.55. The highest BCUT2D eigenvalue weighted by molar-refractivity contribution is 7.93. The van der Waals surface area contributed by atoms with E-state index < -0.39 is 16.0 Å². The van der Waals surface area contributed by atoms with Crippen molar-refractivity contribution in [3.8, 4) is 0 Å². The summed E-state index contributed by atoms with van der Waals surface area (Å²) in [6.07, 6.45) is 0. The summed E-state index contributed by atoms with van der Waals surface area (Å²) < 4.78 is 27.8. The molecule has 7 heteroatoms. The molecule has 0 radical (unpaired) electrons. The summed E-state index contributed by atoms with van der Waals surface area (Å²) in [4.78, 5) is 11.1. The van der Waals surface area contributed by atoms with E-state index in [1.54, 1.807) is 24.3 Å². The maximum Gasteiger partial charge on any atom is 0.335 e. The summed E-state index contributed by atoms with van der Waals surface area (Å²) in [6, 6.07) is 15.5. The van der Waals surface area contributed by atoms with Crippen LogP contribution in [0.3, 0.4) is 0 Å². The zero-order chi connectivity index (χ0) is 17.3. The number of rotatable bonds is 4. The van der Waals surface area contributed by atoms with Crippen molar-refractivity contribution in [1.29, 1.82) is 0 Å². The molecule has 24 heavy (non-hydrogen) atoms. The molecule has 0 spiro atoms. The number of nitrogens with one attached hydrogen (secondary N) is 1. The van der Waals surface area contributed by atoms with Crippen molar-refractivity contribution < 1.29 is 18.3 Å². The molecule has 3 aromatic rings. The monoisotopic (exact) mass is 361 g/mol. The number of carboxylic acid groups (broad SMARTS) is 1. The topological polar surface area (TPSA) is 83.5 Å². The lowest BCUT2D eigenvalue weighted by Crippen LogP contribution is -2.14. The van der Waals surface area contributed by atoms with E-state index in [1.165, 1.54) is 36.4 Å². The number of benzene rings is 3. The summed E-state index contributed by atoms with van der Waals surface area (Å²) in [5.41, 5.74) is 0.171. The fraction of sp³-hybridized carbons (Fsp3) is 0. The van der Waals surface area contributed by atoms with Gasteiger partial charge in [-0.05, 0) is 30.3 Å². The van der Waals surface area contributed by atoms with Crippen molar-refractivity contribution in [2.75, 3.05) is 4.72 Å². The fourth-order valence-electron chi connectivity index (χ4n) is 2.39. The third-order valence-electron chi connectivity index (χ3n) is 3.48. The van der Waals surface area contributed by atoms with Gasteiger partial charge in [-0.3, -0.25) is 4.72 Å². The molecule has 0 aliphatic rings. The largest absolute Gasteiger partial charge is 0.478 e. The quantitative estimate of drug-likeness (QED) is 0.735. The first-order valence-corrected chi connectivity index (χ1v) is 8.78. The van der Waals surface area contributed by atoms with Crippen molar-refractivity contribution in [3.63, 3.8) is 0 Å². The minimum absolute atomic E-state index is 0.00355. The molecule has 0 saturated carbocycles. The van der Waals surface area contributed by atoms with Gasteiger partial charge in [0.05, 0.1) is 10.5 Å². The molecule has 0 unspecified atom stereocenters. The number of hydrogen-bond donors (Lipinski definition) is 2. The smallest absolute Gasteiger partial charge is 0.335 e. The number of halogens is 1. The first-order valence-electron chi connectivity index (χ1n) is 6.92. The third-order valence-corrected chi connectivity index (χ3v) is 5.25. The summed E-state index contributed by atoms with van der Waals surface area (Å²) in [5, 5.41) is 10.6. The van der Waals surface area contributed by atoms with Gasteiger partial charge in [0, 0.05) is 21.5 Å². The maximum atomic E-state index is 12.7. The average molecular weight is 362 g/mol. The Bertz CT molecular complexity index is 1050. The van der Waals surface area contributed by atoms with Crippen LogP contribution in [0.2, 0.25) is 5.02 Å². The van der Waals surface area contributed by atoms with Gasteiger partial charge in [-0.2, -0.15) is 0 Å². The van der Waals surface area contributed by atoms with Gasteiger partial charge < -0.3 is 5.11 Å². The van der Waals surface area contributed by atoms with E-state index >= 15 is 0 Å². The van der Waals surface area contributed by atoms with E-state index in [0.717, 1.165) is 0 Å².